The van der Waals surface area contributed by atoms with Gasteiger partial charge in [-0.15, -0.1) is 0 Å². The van der Waals surface area contributed by atoms with E-state index in [9.17, 15) is 4.79 Å². The van der Waals surface area contributed by atoms with Gasteiger partial charge < -0.3 is 10.5 Å². The number of ether oxygens (including phenoxy) is 1. The summed E-state index contributed by atoms with van der Waals surface area (Å²) in [6, 6.07) is 5.91. The van der Waals surface area contributed by atoms with E-state index in [1.165, 1.54) is 17.5 Å². The van der Waals surface area contributed by atoms with Crippen molar-refractivity contribution in [1.82, 2.24) is 0 Å². The largest absolute Gasteiger partial charge is 0.379 e. The van der Waals surface area contributed by atoms with E-state index in [-0.39, 0.29) is 11.8 Å². The SMILES string of the molecule is CC1(C(=O)c2ccc3c(c2)CCC3)COCC1N. The summed E-state index contributed by atoms with van der Waals surface area (Å²) in [7, 11) is 0. The number of rotatable bonds is 2. The molecule has 0 bridgehead atoms. The molecule has 1 saturated heterocycles. The number of Topliss-reactive ketones (excluding diaryl/α,β-unsaturated/α-hetero) is 1. The van der Waals surface area contributed by atoms with E-state index in [2.05, 4.69) is 12.1 Å². The fourth-order valence-electron chi connectivity index (χ4n) is 2.97. The second kappa shape index (κ2) is 4.18. The summed E-state index contributed by atoms with van der Waals surface area (Å²) in [6.07, 6.45) is 3.44. The fraction of sp³-hybridized carbons (Fsp3) is 0.533. The summed E-state index contributed by atoms with van der Waals surface area (Å²) >= 11 is 0. The number of hydrogen-bond acceptors (Lipinski definition) is 3. The number of carbonyl (C=O) groups is 1. The summed E-state index contributed by atoms with van der Waals surface area (Å²) in [5.74, 6) is 0.127. The van der Waals surface area contributed by atoms with E-state index in [1.807, 2.05) is 13.0 Å². The third kappa shape index (κ3) is 1.70. The summed E-state index contributed by atoms with van der Waals surface area (Å²) in [4.78, 5) is 12.6. The normalized spacial score (nSPS) is 30.4. The minimum absolute atomic E-state index is 0.127. The fourth-order valence-corrected chi connectivity index (χ4v) is 2.97. The van der Waals surface area contributed by atoms with E-state index in [4.69, 9.17) is 10.5 Å². The number of nitrogens with two attached hydrogens (primary N) is 1. The van der Waals surface area contributed by atoms with Crippen LogP contribution in [0.25, 0.3) is 0 Å². The maximum Gasteiger partial charge on any atom is 0.172 e. The first-order chi connectivity index (χ1) is 8.61. The lowest BCUT2D eigenvalue weighted by atomic mass is 9.78. The van der Waals surface area contributed by atoms with E-state index in [1.54, 1.807) is 0 Å². The van der Waals surface area contributed by atoms with Crippen molar-refractivity contribution in [3.05, 3.63) is 34.9 Å². The molecule has 0 aromatic heterocycles. The molecule has 2 N–H and O–H groups in total. The molecule has 3 nitrogen and oxygen atoms in total. The van der Waals surface area contributed by atoms with Gasteiger partial charge in [0.05, 0.1) is 18.6 Å². The summed E-state index contributed by atoms with van der Waals surface area (Å²) in [5.41, 5.74) is 8.97. The van der Waals surface area contributed by atoms with Crippen LogP contribution < -0.4 is 5.73 Å². The molecule has 2 aliphatic rings. The quantitative estimate of drug-likeness (QED) is 0.807. The molecule has 1 aromatic rings. The second-order valence-corrected chi connectivity index (χ2v) is 5.71. The molecular formula is C15H19NO2. The van der Waals surface area contributed by atoms with Gasteiger partial charge in [0, 0.05) is 11.6 Å². The average Bonchev–Trinajstić information content (AvgIpc) is 2.96. The molecule has 1 aromatic carbocycles. The Kier molecular flexibility index (Phi) is 2.76. The van der Waals surface area contributed by atoms with Crippen LogP contribution in [0.15, 0.2) is 18.2 Å². The molecule has 3 heteroatoms. The molecule has 2 atom stereocenters. The lowest BCUT2D eigenvalue weighted by molar-refractivity contribution is 0.0767. The maximum atomic E-state index is 12.6. The lowest BCUT2D eigenvalue weighted by Crippen LogP contribution is -2.44. The molecule has 0 radical (unpaired) electrons. The van der Waals surface area contributed by atoms with Gasteiger partial charge in [-0.2, -0.15) is 0 Å². The molecule has 1 heterocycles. The van der Waals surface area contributed by atoms with Crippen LogP contribution >= 0.6 is 0 Å². The van der Waals surface area contributed by atoms with Crippen LogP contribution in [0.5, 0.6) is 0 Å². The van der Waals surface area contributed by atoms with Crippen molar-refractivity contribution >= 4 is 5.78 Å². The summed E-state index contributed by atoms with van der Waals surface area (Å²) in [6.45, 7) is 2.83. The highest BCUT2D eigenvalue weighted by Gasteiger charge is 2.44. The molecule has 1 fully saturated rings. The van der Waals surface area contributed by atoms with Crippen LogP contribution in [0.1, 0.15) is 34.8 Å². The van der Waals surface area contributed by atoms with Gasteiger partial charge in [-0.3, -0.25) is 4.79 Å². The van der Waals surface area contributed by atoms with Gasteiger partial charge in [0.2, 0.25) is 0 Å². The maximum absolute atomic E-state index is 12.6. The van der Waals surface area contributed by atoms with Crippen molar-refractivity contribution in [1.29, 1.82) is 0 Å². The lowest BCUT2D eigenvalue weighted by Gasteiger charge is -2.25. The van der Waals surface area contributed by atoms with E-state index in [0.29, 0.717) is 13.2 Å². The van der Waals surface area contributed by atoms with E-state index in [0.717, 1.165) is 18.4 Å². The van der Waals surface area contributed by atoms with Crippen molar-refractivity contribution in [3.63, 3.8) is 0 Å². The van der Waals surface area contributed by atoms with Gasteiger partial charge in [-0.1, -0.05) is 12.1 Å². The van der Waals surface area contributed by atoms with Gasteiger partial charge in [-0.25, -0.2) is 0 Å². The third-order valence-corrected chi connectivity index (χ3v) is 4.40. The minimum atomic E-state index is -0.563. The number of fused-ring (bicyclic) bond motifs is 1. The van der Waals surface area contributed by atoms with Crippen LogP contribution in [0, 0.1) is 5.41 Å². The molecule has 0 saturated carbocycles. The molecule has 0 amide bonds. The zero-order chi connectivity index (χ0) is 12.8. The Morgan fingerprint density at radius 2 is 2.17 bits per heavy atom. The van der Waals surface area contributed by atoms with Gasteiger partial charge in [0.15, 0.2) is 5.78 Å². The number of benzene rings is 1. The minimum Gasteiger partial charge on any atom is -0.379 e. The summed E-state index contributed by atoms with van der Waals surface area (Å²) < 4.78 is 5.36. The van der Waals surface area contributed by atoms with Crippen molar-refractivity contribution < 1.29 is 9.53 Å². The molecule has 3 rings (SSSR count). The number of ketones is 1. The standard InChI is InChI=1S/C15H19NO2/c1-15(9-18-8-13(15)16)14(17)12-6-5-10-3-2-4-11(10)7-12/h5-7,13H,2-4,8-9,16H2,1H3. The van der Waals surface area contributed by atoms with Gasteiger partial charge in [0.1, 0.15) is 0 Å². The molecule has 18 heavy (non-hydrogen) atoms. The predicted octanol–water partition coefficient (Wildman–Crippen LogP) is 1.72. The summed E-state index contributed by atoms with van der Waals surface area (Å²) in [5, 5.41) is 0. The van der Waals surface area contributed by atoms with Crippen molar-refractivity contribution in [2.45, 2.75) is 32.2 Å². The van der Waals surface area contributed by atoms with Crippen LogP contribution in [-0.4, -0.2) is 25.0 Å². The van der Waals surface area contributed by atoms with Crippen LogP contribution in [0.4, 0.5) is 0 Å². The zero-order valence-corrected chi connectivity index (χ0v) is 10.7. The van der Waals surface area contributed by atoms with Crippen LogP contribution in [0.2, 0.25) is 0 Å². The van der Waals surface area contributed by atoms with Crippen molar-refractivity contribution in [3.8, 4) is 0 Å². The molecule has 1 aliphatic heterocycles. The number of hydrogen-bond donors (Lipinski definition) is 1. The van der Waals surface area contributed by atoms with Gasteiger partial charge in [0.25, 0.3) is 0 Å². The first kappa shape index (κ1) is 11.9. The van der Waals surface area contributed by atoms with Crippen molar-refractivity contribution in [2.24, 2.45) is 11.1 Å². The van der Waals surface area contributed by atoms with Crippen LogP contribution in [-0.2, 0) is 17.6 Å². The Morgan fingerprint density at radius 3 is 2.89 bits per heavy atom. The monoisotopic (exact) mass is 245 g/mol. The molecule has 96 valence electrons. The first-order valence-electron chi connectivity index (χ1n) is 6.61. The second-order valence-electron chi connectivity index (χ2n) is 5.71. The van der Waals surface area contributed by atoms with Gasteiger partial charge >= 0.3 is 0 Å². The highest BCUT2D eigenvalue weighted by atomic mass is 16.5. The predicted molar refractivity (Wildman–Crippen MR) is 69.7 cm³/mol. The number of aryl methyl sites for hydroxylation is 2. The average molecular weight is 245 g/mol. The smallest absolute Gasteiger partial charge is 0.172 e. The Bertz CT molecular complexity index is 497. The topological polar surface area (TPSA) is 52.3 Å². The molecule has 1 aliphatic carbocycles. The third-order valence-electron chi connectivity index (χ3n) is 4.40. The highest BCUT2D eigenvalue weighted by molar-refractivity contribution is 6.01. The van der Waals surface area contributed by atoms with E-state index >= 15 is 0 Å². The first-order valence-corrected chi connectivity index (χ1v) is 6.61. The zero-order valence-electron chi connectivity index (χ0n) is 10.7. The Hall–Kier alpha value is -1.19. The molecule has 2 unspecified atom stereocenters. The van der Waals surface area contributed by atoms with Crippen LogP contribution in [0.3, 0.4) is 0 Å². The molecular weight excluding hydrogens is 226 g/mol. The number of carbonyl (C=O) groups excluding carboxylic acids is 1. The Balaban J connectivity index is 1.93. The van der Waals surface area contributed by atoms with Crippen molar-refractivity contribution in [2.75, 3.05) is 13.2 Å². The Morgan fingerprint density at radius 1 is 1.39 bits per heavy atom. The highest BCUT2D eigenvalue weighted by Crippen LogP contribution is 2.32. The Labute approximate surface area is 107 Å². The van der Waals surface area contributed by atoms with Gasteiger partial charge in [-0.05, 0) is 43.4 Å². The molecule has 0 spiro atoms. The van der Waals surface area contributed by atoms with E-state index < -0.39 is 5.41 Å².